The van der Waals surface area contributed by atoms with Crippen LogP contribution in [0.1, 0.15) is 45.1 Å². The lowest BCUT2D eigenvalue weighted by Gasteiger charge is -2.22. The molecule has 2 atom stereocenters. The molecule has 0 saturated heterocycles. The first-order valence-electron chi connectivity index (χ1n) is 6.69. The summed E-state index contributed by atoms with van der Waals surface area (Å²) in [6.45, 7) is 7.31. The van der Waals surface area contributed by atoms with Crippen molar-refractivity contribution in [2.45, 2.75) is 51.6 Å². The molecule has 0 aliphatic heterocycles. The predicted molar refractivity (Wildman–Crippen MR) is 71.6 cm³/mol. The summed E-state index contributed by atoms with van der Waals surface area (Å²) in [6.07, 6.45) is 2.69. The van der Waals surface area contributed by atoms with Gasteiger partial charge in [0.25, 0.3) is 0 Å². The Morgan fingerprint density at radius 1 is 1.35 bits per heavy atom. The third-order valence-corrected chi connectivity index (χ3v) is 3.52. The zero-order valence-electron chi connectivity index (χ0n) is 11.1. The standard InChI is InChI=1S/C15H23NO/c1-4-17-15-7-5-6-13(10-15)11(2)12(3)16-14-8-9-14/h5-7,10-12,14,16H,4,8-9H2,1-3H3. The molecule has 0 amide bonds. The van der Waals surface area contributed by atoms with Crippen LogP contribution in [0, 0.1) is 0 Å². The van der Waals surface area contributed by atoms with Crippen LogP contribution in [0.2, 0.25) is 0 Å². The second kappa shape index (κ2) is 5.54. The highest BCUT2D eigenvalue weighted by molar-refractivity contribution is 5.31. The fourth-order valence-corrected chi connectivity index (χ4v) is 2.11. The van der Waals surface area contributed by atoms with Crippen LogP contribution >= 0.6 is 0 Å². The van der Waals surface area contributed by atoms with Crippen LogP contribution in [-0.4, -0.2) is 18.7 Å². The summed E-state index contributed by atoms with van der Waals surface area (Å²) in [6, 6.07) is 9.76. The molecular formula is C15H23NO. The molecule has 2 nitrogen and oxygen atoms in total. The monoisotopic (exact) mass is 233 g/mol. The SMILES string of the molecule is CCOc1cccc(C(C)C(C)NC2CC2)c1. The highest BCUT2D eigenvalue weighted by atomic mass is 16.5. The molecule has 1 aliphatic rings. The summed E-state index contributed by atoms with van der Waals surface area (Å²) < 4.78 is 5.55. The lowest BCUT2D eigenvalue weighted by Crippen LogP contribution is -2.32. The lowest BCUT2D eigenvalue weighted by molar-refractivity contribution is 0.339. The van der Waals surface area contributed by atoms with Gasteiger partial charge in [-0.3, -0.25) is 0 Å². The molecule has 2 unspecified atom stereocenters. The minimum atomic E-state index is 0.524. The fraction of sp³-hybridized carbons (Fsp3) is 0.600. The largest absolute Gasteiger partial charge is 0.494 e. The number of ether oxygens (including phenoxy) is 1. The molecule has 0 heterocycles. The van der Waals surface area contributed by atoms with Crippen LogP contribution in [0.4, 0.5) is 0 Å². The first-order valence-corrected chi connectivity index (χ1v) is 6.69. The van der Waals surface area contributed by atoms with E-state index >= 15 is 0 Å². The third kappa shape index (κ3) is 3.47. The average Bonchev–Trinajstić information content (AvgIpc) is 3.13. The normalized spacial score (nSPS) is 18.8. The number of nitrogens with one attached hydrogen (secondary N) is 1. The van der Waals surface area contributed by atoms with E-state index in [-0.39, 0.29) is 0 Å². The van der Waals surface area contributed by atoms with Crippen molar-refractivity contribution in [3.05, 3.63) is 29.8 Å². The Kier molecular flexibility index (Phi) is 4.06. The highest BCUT2D eigenvalue weighted by Gasteiger charge is 2.25. The van der Waals surface area contributed by atoms with E-state index < -0.39 is 0 Å². The first-order chi connectivity index (χ1) is 8.20. The molecule has 0 radical (unpaired) electrons. The topological polar surface area (TPSA) is 21.3 Å². The Morgan fingerprint density at radius 2 is 2.12 bits per heavy atom. The maximum Gasteiger partial charge on any atom is 0.119 e. The maximum absolute atomic E-state index is 5.55. The van der Waals surface area contributed by atoms with Gasteiger partial charge in [-0.15, -0.1) is 0 Å². The number of rotatable bonds is 6. The predicted octanol–water partition coefficient (Wildman–Crippen LogP) is 3.33. The summed E-state index contributed by atoms with van der Waals surface area (Å²) in [5.41, 5.74) is 1.36. The summed E-state index contributed by atoms with van der Waals surface area (Å²) in [7, 11) is 0. The number of hydrogen-bond donors (Lipinski definition) is 1. The van der Waals surface area contributed by atoms with Crippen molar-refractivity contribution < 1.29 is 4.74 Å². The van der Waals surface area contributed by atoms with Crippen LogP contribution in [0.5, 0.6) is 5.75 Å². The van der Waals surface area contributed by atoms with Gasteiger partial charge in [-0.05, 0) is 50.3 Å². The van der Waals surface area contributed by atoms with Gasteiger partial charge in [-0.25, -0.2) is 0 Å². The van der Waals surface area contributed by atoms with Gasteiger partial charge in [0.1, 0.15) is 5.75 Å². The van der Waals surface area contributed by atoms with E-state index in [4.69, 9.17) is 4.74 Å². The number of benzene rings is 1. The second-order valence-corrected chi connectivity index (χ2v) is 5.02. The van der Waals surface area contributed by atoms with Gasteiger partial charge >= 0.3 is 0 Å². The van der Waals surface area contributed by atoms with Crippen molar-refractivity contribution in [1.82, 2.24) is 5.32 Å². The van der Waals surface area contributed by atoms with E-state index in [1.165, 1.54) is 18.4 Å². The van der Waals surface area contributed by atoms with Gasteiger partial charge in [-0.2, -0.15) is 0 Å². The van der Waals surface area contributed by atoms with Crippen molar-refractivity contribution in [2.24, 2.45) is 0 Å². The molecule has 1 aromatic rings. The maximum atomic E-state index is 5.55. The molecule has 1 aromatic carbocycles. The van der Waals surface area contributed by atoms with Gasteiger partial charge in [0.05, 0.1) is 6.61 Å². The molecule has 94 valence electrons. The van der Waals surface area contributed by atoms with E-state index in [1.807, 2.05) is 13.0 Å². The van der Waals surface area contributed by atoms with Gasteiger partial charge in [0, 0.05) is 12.1 Å². The van der Waals surface area contributed by atoms with E-state index in [1.54, 1.807) is 0 Å². The van der Waals surface area contributed by atoms with E-state index in [9.17, 15) is 0 Å². The van der Waals surface area contributed by atoms with Crippen molar-refractivity contribution in [3.63, 3.8) is 0 Å². The van der Waals surface area contributed by atoms with Crippen LogP contribution in [0.15, 0.2) is 24.3 Å². The van der Waals surface area contributed by atoms with Gasteiger partial charge < -0.3 is 10.1 Å². The molecule has 0 bridgehead atoms. The molecule has 2 rings (SSSR count). The zero-order chi connectivity index (χ0) is 12.3. The average molecular weight is 233 g/mol. The fourth-order valence-electron chi connectivity index (χ4n) is 2.11. The zero-order valence-corrected chi connectivity index (χ0v) is 11.1. The van der Waals surface area contributed by atoms with Crippen LogP contribution in [0.3, 0.4) is 0 Å². The van der Waals surface area contributed by atoms with Crippen LogP contribution in [-0.2, 0) is 0 Å². The van der Waals surface area contributed by atoms with Crippen molar-refractivity contribution >= 4 is 0 Å². The Bertz CT molecular complexity index is 360. The smallest absolute Gasteiger partial charge is 0.119 e. The molecular weight excluding hydrogens is 210 g/mol. The molecule has 2 heteroatoms. The van der Waals surface area contributed by atoms with Gasteiger partial charge in [-0.1, -0.05) is 19.1 Å². The lowest BCUT2D eigenvalue weighted by atomic mass is 9.94. The minimum Gasteiger partial charge on any atom is -0.494 e. The van der Waals surface area contributed by atoms with Crippen molar-refractivity contribution in [2.75, 3.05) is 6.61 Å². The molecule has 1 saturated carbocycles. The first kappa shape index (κ1) is 12.4. The van der Waals surface area contributed by atoms with Crippen LogP contribution in [0.25, 0.3) is 0 Å². The van der Waals surface area contributed by atoms with Crippen molar-refractivity contribution in [1.29, 1.82) is 0 Å². The van der Waals surface area contributed by atoms with Gasteiger partial charge in [0.15, 0.2) is 0 Å². The summed E-state index contributed by atoms with van der Waals surface area (Å²) in [5, 5.41) is 3.66. The Hall–Kier alpha value is -1.02. The molecule has 17 heavy (non-hydrogen) atoms. The van der Waals surface area contributed by atoms with E-state index in [0.717, 1.165) is 18.4 Å². The molecule has 1 fully saturated rings. The summed E-state index contributed by atoms with van der Waals surface area (Å²) >= 11 is 0. The number of hydrogen-bond acceptors (Lipinski definition) is 2. The summed E-state index contributed by atoms with van der Waals surface area (Å²) in [5.74, 6) is 1.51. The highest BCUT2D eigenvalue weighted by Crippen LogP contribution is 2.26. The Balaban J connectivity index is 2.00. The molecule has 0 aromatic heterocycles. The quantitative estimate of drug-likeness (QED) is 0.813. The van der Waals surface area contributed by atoms with Crippen molar-refractivity contribution in [3.8, 4) is 5.75 Å². The summed E-state index contributed by atoms with van der Waals surface area (Å²) in [4.78, 5) is 0. The van der Waals surface area contributed by atoms with Gasteiger partial charge in [0.2, 0.25) is 0 Å². The second-order valence-electron chi connectivity index (χ2n) is 5.02. The molecule has 0 spiro atoms. The van der Waals surface area contributed by atoms with E-state index in [2.05, 4.69) is 37.4 Å². The third-order valence-electron chi connectivity index (χ3n) is 3.52. The molecule has 1 aliphatic carbocycles. The minimum absolute atomic E-state index is 0.524. The Morgan fingerprint density at radius 3 is 2.76 bits per heavy atom. The van der Waals surface area contributed by atoms with E-state index in [0.29, 0.717) is 12.0 Å². The molecule has 1 N–H and O–H groups in total. The van der Waals surface area contributed by atoms with Crippen LogP contribution < -0.4 is 10.1 Å². The Labute approximate surface area is 104 Å².